The van der Waals surface area contributed by atoms with Crippen LogP contribution in [0.3, 0.4) is 0 Å². The molecule has 21 heavy (non-hydrogen) atoms. The number of hydrogen-bond acceptors (Lipinski definition) is 4. The van der Waals surface area contributed by atoms with Crippen LogP contribution in [0.4, 0.5) is 0 Å². The smallest absolute Gasteiger partial charge is 0.0701 e. The van der Waals surface area contributed by atoms with Crippen LogP contribution in [0.2, 0.25) is 0 Å². The Morgan fingerprint density at radius 2 is 0.476 bits per heavy atom. The van der Waals surface area contributed by atoms with Crippen LogP contribution in [-0.4, -0.2) is 52.9 Å². The van der Waals surface area contributed by atoms with E-state index >= 15 is 0 Å². The summed E-state index contributed by atoms with van der Waals surface area (Å²) >= 11 is 0. The number of ether oxygens (including phenoxy) is 4. The average Bonchev–Trinajstić information content (AvgIpc) is 3.50. The van der Waals surface area contributed by atoms with Gasteiger partial charge >= 0.3 is 0 Å². The molecule has 0 N–H and O–H groups in total. The van der Waals surface area contributed by atoms with Gasteiger partial charge in [0, 0.05) is 39.6 Å². The summed E-state index contributed by atoms with van der Waals surface area (Å²) in [4.78, 5) is 0. The Morgan fingerprint density at radius 1 is 0.238 bits per heavy atom. The Balaban J connectivity index is 0.000000143. The summed E-state index contributed by atoms with van der Waals surface area (Å²) in [5, 5.41) is 0. The second kappa shape index (κ2) is 16.2. The van der Waals surface area contributed by atoms with Crippen molar-refractivity contribution in [2.75, 3.05) is 52.9 Å². The first-order valence-electron chi connectivity index (χ1n) is 8.81. The zero-order valence-corrected chi connectivity index (χ0v) is 13.7. The maximum Gasteiger partial charge on any atom is 0.0701 e. The van der Waals surface area contributed by atoms with E-state index in [1.54, 1.807) is 0 Å². The number of hydrogen-bond donors (Lipinski definition) is 0. The zero-order chi connectivity index (χ0) is 14.8. The van der Waals surface area contributed by atoms with Gasteiger partial charge in [-0.15, -0.1) is 0 Å². The molecule has 0 aromatic heterocycles. The molecule has 4 rings (SSSR count). The zero-order valence-electron chi connectivity index (χ0n) is 13.7. The molecular weight excluding hydrogens is 268 g/mol. The molecule has 4 nitrogen and oxygen atoms in total. The number of rotatable bonds is 0. The molecule has 4 aliphatic rings. The van der Waals surface area contributed by atoms with E-state index in [1.165, 1.54) is 57.8 Å². The van der Waals surface area contributed by atoms with Crippen molar-refractivity contribution < 1.29 is 18.9 Å². The molecule has 0 spiro atoms. The van der Waals surface area contributed by atoms with Gasteiger partial charge in [-0.25, -0.2) is 0 Å². The quantitative estimate of drug-likeness (QED) is 0.641. The summed E-state index contributed by atoms with van der Waals surface area (Å²) in [6.07, 6.45) is 11.8. The first kappa shape index (κ1) is 18.9. The van der Waals surface area contributed by atoms with E-state index in [-0.39, 0.29) is 0 Å². The Morgan fingerprint density at radius 3 is 0.524 bits per heavy atom. The van der Waals surface area contributed by atoms with Gasteiger partial charge in [-0.05, 0) is 57.8 Å². The van der Waals surface area contributed by atoms with Crippen LogP contribution in [0.25, 0.3) is 0 Å². The lowest BCUT2D eigenvalue weighted by Gasteiger charge is -2.08. The molecule has 0 unspecified atom stereocenters. The fourth-order valence-electron chi connectivity index (χ4n) is 2.06. The summed E-state index contributed by atoms with van der Waals surface area (Å²) in [5.41, 5.74) is 0. The monoisotopic (exact) mass is 302 g/mol. The minimum Gasteiger partial charge on any atom is -0.381 e. The van der Waals surface area contributed by atoms with Crippen molar-refractivity contribution in [3.63, 3.8) is 0 Å². The molecule has 0 atom stereocenters. The van der Waals surface area contributed by atoms with Crippen molar-refractivity contribution in [2.24, 2.45) is 0 Å². The van der Waals surface area contributed by atoms with E-state index in [0.717, 1.165) is 52.9 Å². The van der Waals surface area contributed by atoms with Gasteiger partial charge in [-0.3, -0.25) is 0 Å². The molecule has 0 amide bonds. The highest BCUT2D eigenvalue weighted by molar-refractivity contribution is 4.46. The first-order chi connectivity index (χ1) is 10.5. The average molecular weight is 302 g/mol. The molecule has 4 heteroatoms. The first-order valence-corrected chi connectivity index (χ1v) is 8.81. The fraction of sp³-hybridized carbons (Fsp3) is 1.00. The van der Waals surface area contributed by atoms with Gasteiger partial charge in [0.1, 0.15) is 0 Å². The van der Waals surface area contributed by atoms with Gasteiger partial charge in [-0.1, -0.05) is 0 Å². The van der Waals surface area contributed by atoms with Crippen LogP contribution in [0.15, 0.2) is 0 Å². The van der Waals surface area contributed by atoms with Gasteiger partial charge < -0.3 is 18.9 Å². The van der Waals surface area contributed by atoms with E-state index < -0.39 is 0 Å². The third-order valence-electron chi connectivity index (χ3n) is 3.44. The topological polar surface area (TPSA) is 40.2 Å². The standard InChI is InChI=1S/3C5H10O.C2H4O/c3*1-2-4-6-5-3-1;1-2-3-1/h3*1-5H2;1-2H2. The lowest BCUT2D eigenvalue weighted by molar-refractivity contribution is 0.0967. The normalized spacial score (nSPS) is 24.0. The summed E-state index contributed by atoms with van der Waals surface area (Å²) in [6.45, 7) is 8.00. The Kier molecular flexibility index (Phi) is 14.6. The van der Waals surface area contributed by atoms with Crippen molar-refractivity contribution in [2.45, 2.75) is 57.8 Å². The van der Waals surface area contributed by atoms with Crippen molar-refractivity contribution in [3.8, 4) is 0 Å². The molecular formula is C17H34O4. The Bertz CT molecular complexity index is 119. The molecule has 0 aromatic rings. The van der Waals surface area contributed by atoms with Crippen molar-refractivity contribution in [3.05, 3.63) is 0 Å². The highest BCUT2D eigenvalue weighted by Gasteiger charge is 1.96. The summed E-state index contributed by atoms with van der Waals surface area (Å²) in [6, 6.07) is 0. The largest absolute Gasteiger partial charge is 0.381 e. The fourth-order valence-corrected chi connectivity index (χ4v) is 2.06. The molecule has 0 aromatic carbocycles. The van der Waals surface area contributed by atoms with Gasteiger partial charge in [0.05, 0.1) is 13.2 Å². The minimum atomic E-state index is 1.00. The molecule has 0 aliphatic carbocycles. The van der Waals surface area contributed by atoms with E-state index in [9.17, 15) is 0 Å². The number of epoxide rings is 1. The molecule has 126 valence electrons. The molecule has 4 heterocycles. The molecule has 0 radical (unpaired) electrons. The lowest BCUT2D eigenvalue weighted by atomic mass is 10.2. The molecule has 4 aliphatic heterocycles. The Labute approximate surface area is 130 Å². The van der Waals surface area contributed by atoms with Crippen LogP contribution >= 0.6 is 0 Å². The van der Waals surface area contributed by atoms with Gasteiger partial charge in [-0.2, -0.15) is 0 Å². The van der Waals surface area contributed by atoms with E-state index in [1.807, 2.05) is 0 Å². The second-order valence-corrected chi connectivity index (χ2v) is 5.63. The maximum atomic E-state index is 5.07. The van der Waals surface area contributed by atoms with Crippen molar-refractivity contribution in [1.82, 2.24) is 0 Å². The summed E-state index contributed by atoms with van der Waals surface area (Å²) in [7, 11) is 0. The minimum absolute atomic E-state index is 1.00. The Hall–Kier alpha value is -0.160. The third-order valence-corrected chi connectivity index (χ3v) is 3.44. The van der Waals surface area contributed by atoms with Crippen LogP contribution in [0.1, 0.15) is 57.8 Å². The lowest BCUT2D eigenvalue weighted by Crippen LogP contribution is -2.03. The SMILES string of the molecule is C1CCOCC1.C1CCOCC1.C1CCOCC1.C1CO1. The van der Waals surface area contributed by atoms with Crippen LogP contribution in [-0.2, 0) is 18.9 Å². The van der Waals surface area contributed by atoms with Crippen molar-refractivity contribution >= 4 is 0 Å². The second-order valence-electron chi connectivity index (χ2n) is 5.63. The van der Waals surface area contributed by atoms with Crippen molar-refractivity contribution in [1.29, 1.82) is 0 Å². The van der Waals surface area contributed by atoms with E-state index in [4.69, 9.17) is 14.2 Å². The molecule has 4 fully saturated rings. The van der Waals surface area contributed by atoms with Crippen LogP contribution < -0.4 is 0 Å². The van der Waals surface area contributed by atoms with Crippen LogP contribution in [0.5, 0.6) is 0 Å². The predicted octanol–water partition coefficient (Wildman–Crippen LogP) is 3.58. The molecule has 0 bridgehead atoms. The highest BCUT2D eigenvalue weighted by Crippen LogP contribution is 2.03. The van der Waals surface area contributed by atoms with Gasteiger partial charge in [0.25, 0.3) is 0 Å². The third kappa shape index (κ3) is 17.8. The van der Waals surface area contributed by atoms with Gasteiger partial charge in [0.15, 0.2) is 0 Å². The highest BCUT2D eigenvalue weighted by atomic mass is 16.6. The predicted molar refractivity (Wildman–Crippen MR) is 84.8 cm³/mol. The summed E-state index contributed by atoms with van der Waals surface area (Å²) in [5.74, 6) is 0. The van der Waals surface area contributed by atoms with E-state index in [2.05, 4.69) is 4.74 Å². The van der Waals surface area contributed by atoms with Gasteiger partial charge in [0.2, 0.25) is 0 Å². The molecule has 0 saturated carbocycles. The summed E-state index contributed by atoms with van der Waals surface area (Å²) < 4.78 is 19.7. The van der Waals surface area contributed by atoms with E-state index in [0.29, 0.717) is 0 Å². The maximum absolute atomic E-state index is 5.07. The van der Waals surface area contributed by atoms with Crippen LogP contribution in [0, 0.1) is 0 Å². The molecule has 4 saturated heterocycles.